The maximum absolute atomic E-state index is 12.9. The summed E-state index contributed by atoms with van der Waals surface area (Å²) in [5, 5.41) is 10.8. The van der Waals surface area contributed by atoms with E-state index in [0.29, 0.717) is 11.8 Å². The number of esters is 2. The van der Waals surface area contributed by atoms with Crippen molar-refractivity contribution in [1.82, 2.24) is 0 Å². The third-order valence-electron chi connectivity index (χ3n) is 6.68. The van der Waals surface area contributed by atoms with E-state index in [-0.39, 0.29) is 24.0 Å². The van der Waals surface area contributed by atoms with E-state index in [9.17, 15) is 14.7 Å². The molecule has 4 aliphatic rings. The van der Waals surface area contributed by atoms with Crippen LogP contribution in [0.2, 0.25) is 0 Å². The first-order valence-corrected chi connectivity index (χ1v) is 10.2. The summed E-state index contributed by atoms with van der Waals surface area (Å²) < 4.78 is 11.4. The Kier molecular flexibility index (Phi) is 4.69. The van der Waals surface area contributed by atoms with Gasteiger partial charge < -0.3 is 14.6 Å². The van der Waals surface area contributed by atoms with Crippen LogP contribution in [0.25, 0.3) is 0 Å². The Hall–Kier alpha value is -1.62. The molecule has 0 radical (unpaired) electrons. The van der Waals surface area contributed by atoms with Gasteiger partial charge >= 0.3 is 11.9 Å². The van der Waals surface area contributed by atoms with Crippen LogP contribution in [-0.2, 0) is 19.1 Å². The Morgan fingerprint density at radius 2 is 1.30 bits per heavy atom. The molecule has 0 aliphatic heterocycles. The van der Waals surface area contributed by atoms with E-state index in [4.69, 9.17) is 9.47 Å². The first-order valence-electron chi connectivity index (χ1n) is 10.2. The molecule has 2 fully saturated rings. The van der Waals surface area contributed by atoms with Crippen LogP contribution < -0.4 is 0 Å². The molecule has 2 saturated carbocycles. The van der Waals surface area contributed by atoms with Crippen LogP contribution in [0.4, 0.5) is 0 Å². The van der Waals surface area contributed by atoms with Crippen LogP contribution in [0.5, 0.6) is 0 Å². The summed E-state index contributed by atoms with van der Waals surface area (Å²) in [4.78, 5) is 25.8. The summed E-state index contributed by atoms with van der Waals surface area (Å²) in [6.45, 7) is 5.43. The maximum Gasteiger partial charge on any atom is 0.323 e. The molecule has 0 aromatic rings. The molecule has 0 spiro atoms. The molecule has 0 saturated heterocycles. The number of hydrogen-bond acceptors (Lipinski definition) is 5. The van der Waals surface area contributed by atoms with Crippen LogP contribution in [0.1, 0.15) is 46.5 Å². The Morgan fingerprint density at radius 3 is 1.59 bits per heavy atom. The number of carbonyl (C=O) groups excluding carboxylic acids is 2. The second kappa shape index (κ2) is 6.77. The summed E-state index contributed by atoms with van der Waals surface area (Å²) in [5.74, 6) is -1.19. The molecule has 0 aromatic carbocycles. The molecule has 27 heavy (non-hydrogen) atoms. The highest BCUT2D eigenvalue weighted by molar-refractivity contribution is 5.96. The molecule has 4 bridgehead atoms. The van der Waals surface area contributed by atoms with Gasteiger partial charge in [0.05, 0.1) is 6.10 Å². The zero-order chi connectivity index (χ0) is 19.3. The third kappa shape index (κ3) is 3.58. The molecular formula is C22H30O5. The lowest BCUT2D eigenvalue weighted by molar-refractivity contribution is -0.178. The molecular weight excluding hydrogens is 344 g/mol. The van der Waals surface area contributed by atoms with Crippen molar-refractivity contribution < 1.29 is 24.2 Å². The van der Waals surface area contributed by atoms with Crippen LogP contribution in [-0.4, -0.2) is 35.4 Å². The molecule has 0 amide bonds. The van der Waals surface area contributed by atoms with Crippen molar-refractivity contribution in [3.05, 3.63) is 24.3 Å². The number of rotatable bonds is 5. The normalized spacial score (nSPS) is 38.2. The van der Waals surface area contributed by atoms with E-state index in [2.05, 4.69) is 24.3 Å². The predicted octanol–water partition coefficient (Wildman–Crippen LogP) is 3.03. The Bertz CT molecular complexity index is 625. The van der Waals surface area contributed by atoms with Crippen LogP contribution in [0, 0.1) is 35.0 Å². The average molecular weight is 374 g/mol. The molecule has 4 rings (SSSR count). The van der Waals surface area contributed by atoms with Gasteiger partial charge in [-0.05, 0) is 42.9 Å². The van der Waals surface area contributed by atoms with Gasteiger partial charge in [0.1, 0.15) is 12.2 Å². The average Bonchev–Trinajstić information content (AvgIpc) is 3.35. The van der Waals surface area contributed by atoms with E-state index in [1.807, 2.05) is 20.8 Å². The number of aliphatic hydroxyl groups is 1. The Labute approximate surface area is 160 Å². The predicted molar refractivity (Wildman–Crippen MR) is 99.4 cm³/mol. The first-order chi connectivity index (χ1) is 12.7. The van der Waals surface area contributed by atoms with Crippen LogP contribution in [0.15, 0.2) is 24.3 Å². The zero-order valence-corrected chi connectivity index (χ0v) is 16.3. The van der Waals surface area contributed by atoms with Gasteiger partial charge in [-0.2, -0.15) is 0 Å². The van der Waals surface area contributed by atoms with Gasteiger partial charge in [0.25, 0.3) is 0 Å². The smallest absolute Gasteiger partial charge is 0.323 e. The topological polar surface area (TPSA) is 72.8 Å². The van der Waals surface area contributed by atoms with E-state index in [1.54, 1.807) is 0 Å². The van der Waals surface area contributed by atoms with E-state index in [0.717, 1.165) is 25.7 Å². The summed E-state index contributed by atoms with van der Waals surface area (Å²) in [6.07, 6.45) is 10.6. The van der Waals surface area contributed by atoms with Gasteiger partial charge in [0, 0.05) is 11.8 Å². The number of carbonyl (C=O) groups is 2. The molecule has 5 nitrogen and oxygen atoms in total. The molecule has 148 valence electrons. The molecule has 1 N–H and O–H groups in total. The second-order valence-electron chi connectivity index (χ2n) is 9.80. The molecule has 7 unspecified atom stereocenters. The van der Waals surface area contributed by atoms with E-state index in [1.165, 1.54) is 0 Å². The van der Waals surface area contributed by atoms with Gasteiger partial charge in [0.2, 0.25) is 0 Å². The van der Waals surface area contributed by atoms with Crippen LogP contribution in [0.3, 0.4) is 0 Å². The summed E-state index contributed by atoms with van der Waals surface area (Å²) in [7, 11) is 0. The first kappa shape index (κ1) is 18.7. The van der Waals surface area contributed by atoms with Crippen molar-refractivity contribution >= 4 is 11.9 Å². The van der Waals surface area contributed by atoms with Gasteiger partial charge in [-0.1, -0.05) is 45.1 Å². The van der Waals surface area contributed by atoms with Gasteiger partial charge in [0.15, 0.2) is 5.92 Å². The summed E-state index contributed by atoms with van der Waals surface area (Å²) in [5.41, 5.74) is -0.633. The standard InChI is InChI=1S/C22H30O5/c1-22(2,3)19(23)18(20(24)26-16-10-12-4-6-14(16)8-12)21(25)27-17-11-13-5-7-15(17)9-13/h4-7,12-19,23H,8-11H2,1-3H3. The van der Waals surface area contributed by atoms with Gasteiger partial charge in [-0.3, -0.25) is 9.59 Å². The highest BCUT2D eigenvalue weighted by Crippen LogP contribution is 2.43. The SMILES string of the molecule is CC(C)(C)C(O)C(C(=O)OC1CC2C=CC1C2)C(=O)OC1CC2C=CC1C2. The summed E-state index contributed by atoms with van der Waals surface area (Å²) >= 11 is 0. The quantitative estimate of drug-likeness (QED) is 0.455. The van der Waals surface area contributed by atoms with Crippen molar-refractivity contribution in [1.29, 1.82) is 0 Å². The largest absolute Gasteiger partial charge is 0.461 e. The highest BCUT2D eigenvalue weighted by atomic mass is 16.6. The number of allylic oxidation sites excluding steroid dienone is 2. The lowest BCUT2D eigenvalue weighted by Crippen LogP contribution is -2.46. The highest BCUT2D eigenvalue weighted by Gasteiger charge is 2.47. The number of ether oxygens (including phenoxy) is 2. The van der Waals surface area contributed by atoms with E-state index < -0.39 is 29.4 Å². The monoisotopic (exact) mass is 374 g/mol. The van der Waals surface area contributed by atoms with Crippen molar-refractivity contribution in [3.63, 3.8) is 0 Å². The lowest BCUT2D eigenvalue weighted by Gasteiger charge is -2.32. The number of hydrogen-bond donors (Lipinski definition) is 1. The lowest BCUT2D eigenvalue weighted by atomic mass is 9.81. The molecule has 0 heterocycles. The fraction of sp³-hybridized carbons (Fsp3) is 0.727. The third-order valence-corrected chi connectivity index (χ3v) is 6.68. The number of fused-ring (bicyclic) bond motifs is 4. The van der Waals surface area contributed by atoms with Gasteiger partial charge in [-0.25, -0.2) is 0 Å². The summed E-state index contributed by atoms with van der Waals surface area (Å²) in [6, 6.07) is 0. The van der Waals surface area contributed by atoms with Crippen molar-refractivity contribution in [2.24, 2.45) is 35.0 Å². The van der Waals surface area contributed by atoms with Gasteiger partial charge in [-0.15, -0.1) is 0 Å². The van der Waals surface area contributed by atoms with Crippen molar-refractivity contribution in [2.45, 2.75) is 64.8 Å². The van der Waals surface area contributed by atoms with Crippen molar-refractivity contribution in [3.8, 4) is 0 Å². The number of aliphatic hydroxyl groups excluding tert-OH is 1. The molecule has 7 atom stereocenters. The minimum absolute atomic E-state index is 0.194. The molecule has 4 aliphatic carbocycles. The van der Waals surface area contributed by atoms with Crippen LogP contribution >= 0.6 is 0 Å². The molecule has 0 aromatic heterocycles. The zero-order valence-electron chi connectivity index (χ0n) is 16.3. The fourth-order valence-corrected chi connectivity index (χ4v) is 5.03. The minimum atomic E-state index is -1.30. The second-order valence-corrected chi connectivity index (χ2v) is 9.80. The maximum atomic E-state index is 12.9. The van der Waals surface area contributed by atoms with Crippen molar-refractivity contribution in [2.75, 3.05) is 0 Å². The Balaban J connectivity index is 1.46. The van der Waals surface area contributed by atoms with E-state index >= 15 is 0 Å². The molecule has 5 heteroatoms. The Morgan fingerprint density at radius 1 is 0.852 bits per heavy atom. The fourth-order valence-electron chi connectivity index (χ4n) is 5.03. The minimum Gasteiger partial charge on any atom is -0.461 e.